The van der Waals surface area contributed by atoms with Gasteiger partial charge in [-0.3, -0.25) is 9.59 Å². The molecule has 0 saturated heterocycles. The van der Waals surface area contributed by atoms with Crippen molar-refractivity contribution in [3.8, 4) is 0 Å². The fourth-order valence-electron chi connectivity index (χ4n) is 2.03. The highest BCUT2D eigenvalue weighted by molar-refractivity contribution is 5.79. The minimum Gasteiger partial charge on any atom is -0.481 e. The molecule has 0 atom stereocenters. The molecule has 0 heterocycles. The predicted octanol–water partition coefficient (Wildman–Crippen LogP) is 0.875. The van der Waals surface area contributed by atoms with Crippen LogP contribution >= 0.6 is 0 Å². The lowest BCUT2D eigenvalue weighted by Crippen LogP contribution is -2.45. The second kappa shape index (κ2) is 5.04. The summed E-state index contributed by atoms with van der Waals surface area (Å²) in [6.07, 6.45) is 4.20. The van der Waals surface area contributed by atoms with Crippen LogP contribution in [0, 0.1) is 5.41 Å². The summed E-state index contributed by atoms with van der Waals surface area (Å²) in [5.41, 5.74) is 4.77. The Labute approximate surface area is 102 Å². The standard InChI is InChI=1S/C12H22N2O3/c1-11(2,10(16)17)8-14-9(15)7-12(13)5-3-4-6-12/h3-8,13H2,1-2H3,(H,14,15)(H,16,17). The first-order valence-corrected chi connectivity index (χ1v) is 6.04. The molecule has 0 aromatic carbocycles. The number of hydrogen-bond donors (Lipinski definition) is 3. The fraction of sp³-hybridized carbons (Fsp3) is 0.833. The lowest BCUT2D eigenvalue weighted by Gasteiger charge is -2.24. The zero-order valence-electron chi connectivity index (χ0n) is 10.6. The van der Waals surface area contributed by atoms with Crippen molar-refractivity contribution < 1.29 is 14.7 Å². The van der Waals surface area contributed by atoms with E-state index in [0.717, 1.165) is 25.7 Å². The summed E-state index contributed by atoms with van der Waals surface area (Å²) in [6, 6.07) is 0. The summed E-state index contributed by atoms with van der Waals surface area (Å²) < 4.78 is 0. The monoisotopic (exact) mass is 242 g/mol. The van der Waals surface area contributed by atoms with Gasteiger partial charge in [-0.2, -0.15) is 0 Å². The lowest BCUT2D eigenvalue weighted by atomic mass is 9.92. The summed E-state index contributed by atoms with van der Waals surface area (Å²) in [4.78, 5) is 22.6. The van der Waals surface area contributed by atoms with Crippen molar-refractivity contribution in [2.75, 3.05) is 6.54 Å². The van der Waals surface area contributed by atoms with E-state index in [1.807, 2.05) is 0 Å². The normalized spacial score (nSPS) is 19.0. The molecule has 1 aliphatic carbocycles. The van der Waals surface area contributed by atoms with Gasteiger partial charge < -0.3 is 16.2 Å². The number of nitrogens with two attached hydrogens (primary N) is 1. The largest absolute Gasteiger partial charge is 0.481 e. The maximum Gasteiger partial charge on any atom is 0.310 e. The van der Waals surface area contributed by atoms with Gasteiger partial charge in [0.05, 0.1) is 5.41 Å². The Morgan fingerprint density at radius 2 is 1.88 bits per heavy atom. The number of hydrogen-bond acceptors (Lipinski definition) is 3. The van der Waals surface area contributed by atoms with Crippen LogP contribution in [0.4, 0.5) is 0 Å². The topological polar surface area (TPSA) is 92.4 Å². The van der Waals surface area contributed by atoms with Gasteiger partial charge in [-0.25, -0.2) is 0 Å². The molecular formula is C12H22N2O3. The van der Waals surface area contributed by atoms with Crippen molar-refractivity contribution in [3.63, 3.8) is 0 Å². The SMILES string of the molecule is CC(C)(CNC(=O)CC1(N)CCCC1)C(=O)O. The van der Waals surface area contributed by atoms with Crippen molar-refractivity contribution in [3.05, 3.63) is 0 Å². The van der Waals surface area contributed by atoms with Crippen molar-refractivity contribution >= 4 is 11.9 Å². The van der Waals surface area contributed by atoms with Crippen molar-refractivity contribution in [1.29, 1.82) is 0 Å². The molecule has 1 fully saturated rings. The molecule has 1 rings (SSSR count). The molecule has 5 nitrogen and oxygen atoms in total. The Morgan fingerprint density at radius 3 is 2.35 bits per heavy atom. The first-order valence-electron chi connectivity index (χ1n) is 6.04. The highest BCUT2D eigenvalue weighted by Crippen LogP contribution is 2.29. The van der Waals surface area contributed by atoms with Gasteiger partial charge in [0.15, 0.2) is 0 Å². The minimum atomic E-state index is -0.937. The van der Waals surface area contributed by atoms with Crippen LogP contribution in [0.25, 0.3) is 0 Å². The number of rotatable bonds is 5. The quantitative estimate of drug-likeness (QED) is 0.667. The molecule has 0 spiro atoms. The van der Waals surface area contributed by atoms with E-state index in [0.29, 0.717) is 6.42 Å². The average Bonchev–Trinajstić information content (AvgIpc) is 2.62. The van der Waals surface area contributed by atoms with Gasteiger partial charge in [0.25, 0.3) is 0 Å². The van der Waals surface area contributed by atoms with Crippen LogP contribution in [-0.4, -0.2) is 29.1 Å². The molecular weight excluding hydrogens is 220 g/mol. The Balaban J connectivity index is 2.38. The Hall–Kier alpha value is -1.10. The zero-order valence-corrected chi connectivity index (χ0v) is 10.6. The summed E-state index contributed by atoms with van der Waals surface area (Å²) in [5, 5.41) is 11.6. The molecule has 0 aromatic rings. The molecule has 4 N–H and O–H groups in total. The number of carboxylic acid groups (broad SMARTS) is 1. The van der Waals surface area contributed by atoms with E-state index in [4.69, 9.17) is 10.8 Å². The van der Waals surface area contributed by atoms with Gasteiger partial charge in [-0.05, 0) is 26.7 Å². The molecule has 0 aliphatic heterocycles. The van der Waals surface area contributed by atoms with E-state index in [2.05, 4.69) is 5.32 Å². The molecule has 98 valence electrons. The molecule has 0 unspecified atom stereocenters. The minimum absolute atomic E-state index is 0.136. The molecule has 0 bridgehead atoms. The first-order chi connectivity index (χ1) is 7.75. The smallest absolute Gasteiger partial charge is 0.310 e. The number of aliphatic carboxylic acids is 1. The molecule has 0 radical (unpaired) electrons. The van der Waals surface area contributed by atoms with E-state index in [1.54, 1.807) is 13.8 Å². The van der Waals surface area contributed by atoms with Crippen LogP contribution in [-0.2, 0) is 9.59 Å². The van der Waals surface area contributed by atoms with E-state index in [-0.39, 0.29) is 18.0 Å². The van der Waals surface area contributed by atoms with Crippen molar-refractivity contribution in [1.82, 2.24) is 5.32 Å². The van der Waals surface area contributed by atoms with Crippen molar-refractivity contribution in [2.45, 2.75) is 51.5 Å². The second-order valence-corrected chi connectivity index (χ2v) is 5.71. The third-order valence-corrected chi connectivity index (χ3v) is 3.42. The highest BCUT2D eigenvalue weighted by Gasteiger charge is 2.33. The molecule has 0 aromatic heterocycles. The van der Waals surface area contributed by atoms with Crippen LogP contribution in [0.2, 0.25) is 0 Å². The van der Waals surface area contributed by atoms with Gasteiger partial charge in [-0.1, -0.05) is 12.8 Å². The van der Waals surface area contributed by atoms with E-state index in [1.165, 1.54) is 0 Å². The van der Waals surface area contributed by atoms with Crippen LogP contribution < -0.4 is 11.1 Å². The van der Waals surface area contributed by atoms with Gasteiger partial charge in [0.2, 0.25) is 5.91 Å². The molecule has 1 amide bonds. The molecule has 1 aliphatic rings. The van der Waals surface area contributed by atoms with Crippen LogP contribution in [0.1, 0.15) is 46.0 Å². The summed E-state index contributed by atoms with van der Waals surface area (Å²) >= 11 is 0. The highest BCUT2D eigenvalue weighted by atomic mass is 16.4. The van der Waals surface area contributed by atoms with Crippen molar-refractivity contribution in [2.24, 2.45) is 11.1 Å². The maximum atomic E-state index is 11.7. The average molecular weight is 242 g/mol. The third kappa shape index (κ3) is 4.00. The summed E-state index contributed by atoms with van der Waals surface area (Å²) in [7, 11) is 0. The van der Waals surface area contributed by atoms with Gasteiger partial charge in [-0.15, -0.1) is 0 Å². The van der Waals surface area contributed by atoms with Gasteiger partial charge in [0.1, 0.15) is 0 Å². The zero-order chi connectivity index (χ0) is 13.1. The Kier molecular flexibility index (Phi) is 4.14. The first kappa shape index (κ1) is 14.0. The third-order valence-electron chi connectivity index (χ3n) is 3.42. The number of nitrogens with one attached hydrogen (secondary N) is 1. The number of carbonyl (C=O) groups excluding carboxylic acids is 1. The van der Waals surface area contributed by atoms with Crippen LogP contribution in [0.3, 0.4) is 0 Å². The Bertz CT molecular complexity index is 307. The number of carbonyl (C=O) groups is 2. The summed E-state index contributed by atoms with van der Waals surface area (Å²) in [5.74, 6) is -1.06. The van der Waals surface area contributed by atoms with Gasteiger partial charge >= 0.3 is 5.97 Å². The van der Waals surface area contributed by atoms with E-state index < -0.39 is 11.4 Å². The second-order valence-electron chi connectivity index (χ2n) is 5.71. The molecule has 1 saturated carbocycles. The van der Waals surface area contributed by atoms with Crippen LogP contribution in [0.15, 0.2) is 0 Å². The maximum absolute atomic E-state index is 11.7. The lowest BCUT2D eigenvalue weighted by molar-refractivity contribution is -0.146. The number of carboxylic acids is 1. The van der Waals surface area contributed by atoms with Gasteiger partial charge in [0, 0.05) is 18.5 Å². The Morgan fingerprint density at radius 1 is 1.35 bits per heavy atom. The van der Waals surface area contributed by atoms with Crippen LogP contribution in [0.5, 0.6) is 0 Å². The van der Waals surface area contributed by atoms with E-state index >= 15 is 0 Å². The number of amides is 1. The predicted molar refractivity (Wildman–Crippen MR) is 64.4 cm³/mol. The molecule has 5 heteroatoms. The van der Waals surface area contributed by atoms with E-state index in [9.17, 15) is 9.59 Å². The molecule has 17 heavy (non-hydrogen) atoms. The fourth-order valence-corrected chi connectivity index (χ4v) is 2.03. The summed E-state index contributed by atoms with van der Waals surface area (Å²) in [6.45, 7) is 3.31.